The molecule has 2 unspecified atom stereocenters. The molecule has 162 valence electrons. The third kappa shape index (κ3) is 4.21. The summed E-state index contributed by atoms with van der Waals surface area (Å²) in [4.78, 5) is 2.20. The first-order valence-electron chi connectivity index (χ1n) is 11.6. The summed E-state index contributed by atoms with van der Waals surface area (Å²) in [6, 6.07) is 0. The van der Waals surface area contributed by atoms with Gasteiger partial charge in [0.15, 0.2) is 0 Å². The zero-order valence-electron chi connectivity index (χ0n) is 18.7. The number of allylic oxidation sites excluding steroid dienone is 1. The zero-order valence-corrected chi connectivity index (χ0v) is 18.7. The number of rotatable bonds is 7. The number of likely N-dealkylation sites (N-methyl/N-ethyl adjacent to an activating group) is 1. The van der Waals surface area contributed by atoms with Crippen LogP contribution in [0.15, 0.2) is 12.2 Å². The molecular formula is C24H44N2O2. The number of nitrogens with zero attached hydrogens (tertiary/aromatic N) is 1. The Morgan fingerprint density at radius 2 is 1.82 bits per heavy atom. The third-order valence-electron chi connectivity index (χ3n) is 8.94. The van der Waals surface area contributed by atoms with Crippen LogP contribution in [0.1, 0.15) is 65.2 Å². The topological polar surface area (TPSA) is 55.7 Å². The molecule has 0 aliphatic heterocycles. The van der Waals surface area contributed by atoms with E-state index in [9.17, 15) is 10.2 Å². The Labute approximate surface area is 172 Å². The van der Waals surface area contributed by atoms with Gasteiger partial charge in [-0.3, -0.25) is 0 Å². The monoisotopic (exact) mass is 392 g/mol. The molecule has 3 rings (SSSR count). The normalized spacial score (nSPS) is 44.1. The fourth-order valence-electron chi connectivity index (χ4n) is 6.77. The van der Waals surface area contributed by atoms with Crippen LogP contribution in [0.3, 0.4) is 0 Å². The quantitative estimate of drug-likeness (QED) is 0.459. The van der Waals surface area contributed by atoms with Crippen molar-refractivity contribution in [3.8, 4) is 0 Å². The van der Waals surface area contributed by atoms with Gasteiger partial charge in [0.1, 0.15) is 0 Å². The van der Waals surface area contributed by atoms with Crippen molar-refractivity contribution in [3.05, 3.63) is 12.2 Å². The number of hydrogen-bond donors (Lipinski definition) is 3. The molecule has 4 heteroatoms. The van der Waals surface area contributed by atoms with Crippen LogP contribution in [0, 0.1) is 28.6 Å². The fourth-order valence-corrected chi connectivity index (χ4v) is 6.77. The van der Waals surface area contributed by atoms with Crippen LogP contribution in [-0.2, 0) is 0 Å². The highest BCUT2D eigenvalue weighted by molar-refractivity contribution is 5.21. The summed E-state index contributed by atoms with van der Waals surface area (Å²) in [7, 11) is 4.21. The van der Waals surface area contributed by atoms with E-state index in [-0.39, 0.29) is 23.0 Å². The largest absolute Gasteiger partial charge is 0.393 e. The van der Waals surface area contributed by atoms with Crippen LogP contribution in [0.5, 0.6) is 0 Å². The Balaban J connectivity index is 1.67. The molecule has 3 fully saturated rings. The highest BCUT2D eigenvalue weighted by atomic mass is 16.3. The molecule has 3 N–H and O–H groups in total. The fraction of sp³-hybridized carbons (Fsp3) is 0.917. The maximum atomic E-state index is 11.5. The lowest BCUT2D eigenvalue weighted by Crippen LogP contribution is -2.53. The summed E-state index contributed by atoms with van der Waals surface area (Å²) in [5, 5.41) is 25.4. The maximum Gasteiger partial charge on any atom is 0.0610 e. The van der Waals surface area contributed by atoms with Crippen LogP contribution in [0.2, 0.25) is 0 Å². The van der Waals surface area contributed by atoms with Crippen LogP contribution >= 0.6 is 0 Å². The Kier molecular flexibility index (Phi) is 6.96. The van der Waals surface area contributed by atoms with Gasteiger partial charge in [-0.25, -0.2) is 0 Å². The SMILES string of the molecule is C=C1CCC2[C@H](O)C([C@]3(C)CC[C@@H](O)C[C@H]3CCNCCN(C)C)CC[C@]12C. The van der Waals surface area contributed by atoms with Crippen LogP contribution in [0.25, 0.3) is 0 Å². The third-order valence-corrected chi connectivity index (χ3v) is 8.94. The molecule has 0 aromatic carbocycles. The maximum absolute atomic E-state index is 11.5. The zero-order chi connectivity index (χ0) is 20.5. The number of hydrogen-bond acceptors (Lipinski definition) is 4. The first-order valence-corrected chi connectivity index (χ1v) is 11.6. The summed E-state index contributed by atoms with van der Waals surface area (Å²) in [6.07, 6.45) is 7.99. The van der Waals surface area contributed by atoms with Crippen molar-refractivity contribution in [2.45, 2.75) is 77.4 Å². The van der Waals surface area contributed by atoms with E-state index in [4.69, 9.17) is 0 Å². The van der Waals surface area contributed by atoms with Crippen molar-refractivity contribution in [2.75, 3.05) is 33.7 Å². The van der Waals surface area contributed by atoms with Gasteiger partial charge in [-0.2, -0.15) is 0 Å². The van der Waals surface area contributed by atoms with Gasteiger partial charge in [-0.05, 0) is 101 Å². The van der Waals surface area contributed by atoms with Gasteiger partial charge in [0, 0.05) is 13.1 Å². The second-order valence-electron chi connectivity index (χ2n) is 10.8. The van der Waals surface area contributed by atoms with Crippen molar-refractivity contribution in [1.82, 2.24) is 10.2 Å². The van der Waals surface area contributed by atoms with E-state index in [2.05, 4.69) is 44.7 Å². The van der Waals surface area contributed by atoms with Gasteiger partial charge in [0.25, 0.3) is 0 Å². The van der Waals surface area contributed by atoms with Gasteiger partial charge in [-0.15, -0.1) is 0 Å². The van der Waals surface area contributed by atoms with E-state index in [1.165, 1.54) is 12.0 Å². The number of fused-ring (bicyclic) bond motifs is 1. The van der Waals surface area contributed by atoms with E-state index in [0.29, 0.717) is 17.8 Å². The second-order valence-corrected chi connectivity index (χ2v) is 10.8. The predicted molar refractivity (Wildman–Crippen MR) is 116 cm³/mol. The first kappa shape index (κ1) is 22.3. The molecule has 0 aromatic rings. The van der Waals surface area contributed by atoms with E-state index in [1.807, 2.05) is 0 Å². The molecule has 0 heterocycles. The Hall–Kier alpha value is -0.420. The molecule has 0 saturated heterocycles. The number of nitrogens with one attached hydrogen (secondary N) is 1. The standard InChI is InChI=1S/C24H44N2O2/c1-17-6-7-20-22(28)21(9-12-23(17,20)2)24(3)11-8-19(27)16-18(24)10-13-25-14-15-26(4)5/h18-22,25,27-28H,1,6-16H2,2-5H3/t18-,19-,20?,21?,22+,23-,24-/m1/s1. The Bertz CT molecular complexity index is 551. The van der Waals surface area contributed by atoms with Crippen molar-refractivity contribution < 1.29 is 10.2 Å². The summed E-state index contributed by atoms with van der Waals surface area (Å²) >= 11 is 0. The first-order chi connectivity index (χ1) is 13.2. The number of aliphatic hydroxyl groups excluding tert-OH is 2. The number of aliphatic hydroxyl groups is 2. The average Bonchev–Trinajstić information content (AvgIpc) is 2.93. The molecule has 7 atom stereocenters. The minimum atomic E-state index is -0.220. The molecule has 0 aromatic heterocycles. The van der Waals surface area contributed by atoms with E-state index in [0.717, 1.165) is 64.6 Å². The van der Waals surface area contributed by atoms with Gasteiger partial charge in [-0.1, -0.05) is 26.0 Å². The van der Waals surface area contributed by atoms with Crippen LogP contribution in [-0.4, -0.2) is 61.1 Å². The summed E-state index contributed by atoms with van der Waals surface area (Å²) in [5.74, 6) is 1.22. The molecular weight excluding hydrogens is 348 g/mol. The minimum Gasteiger partial charge on any atom is -0.393 e. The van der Waals surface area contributed by atoms with Gasteiger partial charge < -0.3 is 20.4 Å². The van der Waals surface area contributed by atoms with Crippen molar-refractivity contribution in [1.29, 1.82) is 0 Å². The van der Waals surface area contributed by atoms with Crippen molar-refractivity contribution in [3.63, 3.8) is 0 Å². The molecule has 3 aliphatic carbocycles. The highest BCUT2D eigenvalue weighted by Gasteiger charge is 2.56. The lowest BCUT2D eigenvalue weighted by atomic mass is 9.51. The minimum absolute atomic E-state index is 0.132. The van der Waals surface area contributed by atoms with Gasteiger partial charge >= 0.3 is 0 Å². The summed E-state index contributed by atoms with van der Waals surface area (Å²) in [6.45, 7) is 12.2. The molecule has 0 spiro atoms. The molecule has 0 bridgehead atoms. The lowest BCUT2D eigenvalue weighted by molar-refractivity contribution is -0.120. The van der Waals surface area contributed by atoms with E-state index >= 15 is 0 Å². The smallest absolute Gasteiger partial charge is 0.0610 e. The van der Waals surface area contributed by atoms with Crippen LogP contribution < -0.4 is 5.32 Å². The molecule has 3 aliphatic rings. The summed E-state index contributed by atoms with van der Waals surface area (Å²) < 4.78 is 0. The highest BCUT2D eigenvalue weighted by Crippen LogP contribution is 2.61. The Morgan fingerprint density at radius 3 is 2.54 bits per heavy atom. The molecule has 4 nitrogen and oxygen atoms in total. The van der Waals surface area contributed by atoms with E-state index in [1.54, 1.807) is 0 Å². The molecule has 3 saturated carbocycles. The van der Waals surface area contributed by atoms with Gasteiger partial charge in [0.2, 0.25) is 0 Å². The molecule has 0 amide bonds. The van der Waals surface area contributed by atoms with Crippen molar-refractivity contribution in [2.24, 2.45) is 28.6 Å². The average molecular weight is 393 g/mol. The second kappa shape index (κ2) is 8.75. The lowest BCUT2D eigenvalue weighted by Gasteiger charge is -2.55. The Morgan fingerprint density at radius 1 is 1.07 bits per heavy atom. The summed E-state index contributed by atoms with van der Waals surface area (Å²) in [5.41, 5.74) is 1.64. The predicted octanol–water partition coefficient (Wildman–Crippen LogP) is 3.44. The van der Waals surface area contributed by atoms with Crippen LogP contribution in [0.4, 0.5) is 0 Å². The molecule has 0 radical (unpaired) electrons. The molecule has 28 heavy (non-hydrogen) atoms. The van der Waals surface area contributed by atoms with Gasteiger partial charge in [0.05, 0.1) is 12.2 Å². The van der Waals surface area contributed by atoms with E-state index < -0.39 is 0 Å². The van der Waals surface area contributed by atoms with Crippen molar-refractivity contribution >= 4 is 0 Å².